The van der Waals surface area contributed by atoms with Gasteiger partial charge in [-0.15, -0.1) is 0 Å². The lowest BCUT2D eigenvalue weighted by Crippen LogP contribution is -2.67. The second kappa shape index (κ2) is 3.48. The lowest BCUT2D eigenvalue weighted by Gasteiger charge is -2.43. The molecule has 1 unspecified atom stereocenters. The van der Waals surface area contributed by atoms with Gasteiger partial charge in [-0.25, -0.2) is 9.28 Å². The predicted octanol–water partition coefficient (Wildman–Crippen LogP) is 1.53. The quantitative estimate of drug-likeness (QED) is 0.652. The Bertz CT molecular complexity index is 294. The molecule has 0 aromatic heterocycles. The van der Waals surface area contributed by atoms with Crippen LogP contribution < -0.4 is 0 Å². The Morgan fingerprint density at radius 3 is 2.07 bits per heavy atom. The third-order valence-corrected chi connectivity index (χ3v) is 3.34. The molecule has 0 aromatic carbocycles. The molecule has 1 fully saturated rings. The average molecular weight is 216 g/mol. The van der Waals surface area contributed by atoms with Gasteiger partial charge in [0.25, 0.3) is 0 Å². The number of hydrogen-bond donors (Lipinski definition) is 2. The van der Waals surface area contributed by atoms with Crippen molar-refractivity contribution in [3.63, 3.8) is 0 Å². The molecular weight excluding hydrogens is 198 g/mol. The van der Waals surface area contributed by atoms with Gasteiger partial charge >= 0.3 is 12.1 Å². The van der Waals surface area contributed by atoms with Gasteiger partial charge in [-0.3, -0.25) is 0 Å². The number of quaternary nitrogens is 1. The highest BCUT2D eigenvalue weighted by Gasteiger charge is 2.59. The van der Waals surface area contributed by atoms with Crippen LogP contribution in [-0.2, 0) is 4.79 Å². The SMILES string of the molecule is CC(C)(C)[N@@+]1(C(=O)O)CCCC1C(=O)O. The van der Waals surface area contributed by atoms with E-state index < -0.39 is 23.6 Å². The Balaban J connectivity index is 3.22. The number of rotatable bonds is 1. The fraction of sp³-hybridized carbons (Fsp3) is 0.800. The number of hydrogen-bond acceptors (Lipinski definition) is 2. The van der Waals surface area contributed by atoms with Crippen molar-refractivity contribution in [2.45, 2.75) is 45.2 Å². The summed E-state index contributed by atoms with van der Waals surface area (Å²) in [5.74, 6) is -1.01. The summed E-state index contributed by atoms with van der Waals surface area (Å²) in [5.41, 5.74) is -0.592. The van der Waals surface area contributed by atoms with Gasteiger partial charge in [0.15, 0.2) is 6.04 Å². The van der Waals surface area contributed by atoms with Crippen molar-refractivity contribution in [2.24, 2.45) is 0 Å². The minimum Gasteiger partial charge on any atom is -0.477 e. The van der Waals surface area contributed by atoms with Gasteiger partial charge in [0, 0.05) is 12.8 Å². The van der Waals surface area contributed by atoms with Crippen molar-refractivity contribution in [1.29, 1.82) is 0 Å². The summed E-state index contributed by atoms with van der Waals surface area (Å²) in [7, 11) is 0. The molecule has 2 N–H and O–H groups in total. The van der Waals surface area contributed by atoms with Gasteiger partial charge in [0.2, 0.25) is 0 Å². The van der Waals surface area contributed by atoms with Crippen LogP contribution in [0.5, 0.6) is 0 Å². The Kier molecular flexibility index (Phi) is 2.78. The second-order valence-electron chi connectivity index (χ2n) is 5.04. The summed E-state index contributed by atoms with van der Waals surface area (Å²) in [6.45, 7) is 5.74. The van der Waals surface area contributed by atoms with Gasteiger partial charge in [-0.2, -0.15) is 4.79 Å². The minimum atomic E-state index is -1.03. The number of likely N-dealkylation sites (tertiary alicyclic amines) is 1. The predicted molar refractivity (Wildman–Crippen MR) is 53.6 cm³/mol. The number of aliphatic carboxylic acids is 1. The molecule has 1 saturated heterocycles. The summed E-state index contributed by atoms with van der Waals surface area (Å²) >= 11 is 0. The Morgan fingerprint density at radius 1 is 1.27 bits per heavy atom. The molecule has 0 aromatic rings. The number of carboxylic acid groups (broad SMARTS) is 2. The third kappa shape index (κ3) is 1.61. The fourth-order valence-electron chi connectivity index (χ4n) is 2.54. The second-order valence-corrected chi connectivity index (χ2v) is 5.04. The average Bonchev–Trinajstić information content (AvgIpc) is 2.45. The first-order valence-electron chi connectivity index (χ1n) is 5.07. The fourth-order valence-corrected chi connectivity index (χ4v) is 2.54. The van der Waals surface area contributed by atoms with E-state index in [4.69, 9.17) is 5.11 Å². The van der Waals surface area contributed by atoms with Gasteiger partial charge in [-0.1, -0.05) is 0 Å². The Morgan fingerprint density at radius 2 is 1.80 bits per heavy atom. The zero-order valence-corrected chi connectivity index (χ0v) is 9.36. The standard InChI is InChI=1S/C10H17NO4/c1-10(2,3)11(9(14)15)6-4-5-7(11)8(12)13/h7H,4-6H2,1-3H3,(H-,12,13,14,15)/p+1/t7?,11-/m0/s1. The van der Waals surface area contributed by atoms with E-state index in [1.165, 1.54) is 0 Å². The van der Waals surface area contributed by atoms with Crippen molar-refractivity contribution in [3.8, 4) is 0 Å². The highest BCUT2D eigenvalue weighted by atomic mass is 16.4. The van der Waals surface area contributed by atoms with E-state index in [1.54, 1.807) is 20.8 Å². The molecule has 0 radical (unpaired) electrons. The van der Waals surface area contributed by atoms with Crippen LogP contribution in [0.4, 0.5) is 4.79 Å². The third-order valence-electron chi connectivity index (χ3n) is 3.34. The van der Waals surface area contributed by atoms with Gasteiger partial charge in [-0.05, 0) is 20.8 Å². The molecule has 0 saturated carbocycles. The molecule has 1 amide bonds. The first-order chi connectivity index (χ1) is 6.73. The first-order valence-corrected chi connectivity index (χ1v) is 5.07. The highest BCUT2D eigenvalue weighted by Crippen LogP contribution is 2.37. The molecule has 1 heterocycles. The van der Waals surface area contributed by atoms with Crippen molar-refractivity contribution in [3.05, 3.63) is 0 Å². The number of carbonyl (C=O) groups is 2. The molecule has 0 aliphatic carbocycles. The summed E-state index contributed by atoms with van der Waals surface area (Å²) in [6.07, 6.45) is 0.0619. The number of carboxylic acids is 1. The lowest BCUT2D eigenvalue weighted by atomic mass is 10.00. The van der Waals surface area contributed by atoms with Crippen LogP contribution >= 0.6 is 0 Å². The maximum Gasteiger partial charge on any atom is 0.514 e. The molecular formula is C10H18NO4+. The molecule has 5 heteroatoms. The Hall–Kier alpha value is -1.10. The van der Waals surface area contributed by atoms with Gasteiger partial charge in [0.05, 0.1) is 6.54 Å². The molecule has 1 aliphatic rings. The smallest absolute Gasteiger partial charge is 0.477 e. The topological polar surface area (TPSA) is 74.6 Å². The molecule has 15 heavy (non-hydrogen) atoms. The molecule has 1 rings (SSSR count). The largest absolute Gasteiger partial charge is 0.514 e. The number of amides is 1. The zero-order chi connectivity index (χ0) is 11.9. The van der Waals surface area contributed by atoms with Crippen LogP contribution in [0.15, 0.2) is 0 Å². The van der Waals surface area contributed by atoms with Crippen LogP contribution in [-0.4, -0.2) is 44.9 Å². The summed E-state index contributed by atoms with van der Waals surface area (Å²) in [4.78, 5) is 22.5. The van der Waals surface area contributed by atoms with E-state index in [2.05, 4.69) is 0 Å². The van der Waals surface area contributed by atoms with Crippen molar-refractivity contribution < 1.29 is 24.3 Å². The van der Waals surface area contributed by atoms with E-state index in [9.17, 15) is 14.7 Å². The molecule has 86 valence electrons. The molecule has 5 nitrogen and oxygen atoms in total. The molecule has 2 atom stereocenters. The molecule has 0 spiro atoms. The van der Waals surface area contributed by atoms with Gasteiger partial charge in [0.1, 0.15) is 5.54 Å². The normalized spacial score (nSPS) is 31.5. The summed E-state index contributed by atoms with van der Waals surface area (Å²) < 4.78 is -0.359. The van der Waals surface area contributed by atoms with E-state index in [0.717, 1.165) is 0 Å². The number of nitrogens with zero attached hydrogens (tertiary/aromatic N) is 1. The Labute approximate surface area is 88.9 Å². The lowest BCUT2D eigenvalue weighted by molar-refractivity contribution is -0.906. The van der Waals surface area contributed by atoms with Crippen LogP contribution in [0.25, 0.3) is 0 Å². The van der Waals surface area contributed by atoms with E-state index in [1.807, 2.05) is 0 Å². The van der Waals surface area contributed by atoms with E-state index >= 15 is 0 Å². The van der Waals surface area contributed by atoms with E-state index in [-0.39, 0.29) is 4.48 Å². The summed E-state index contributed by atoms with van der Waals surface area (Å²) in [6, 6.07) is -0.817. The summed E-state index contributed by atoms with van der Waals surface area (Å²) in [5, 5.41) is 18.4. The minimum absolute atomic E-state index is 0.359. The van der Waals surface area contributed by atoms with Crippen LogP contribution in [0.3, 0.4) is 0 Å². The maximum atomic E-state index is 11.4. The van der Waals surface area contributed by atoms with Crippen LogP contribution in [0, 0.1) is 0 Å². The van der Waals surface area contributed by atoms with Crippen molar-refractivity contribution >= 4 is 12.1 Å². The maximum absolute atomic E-state index is 11.4. The van der Waals surface area contributed by atoms with Crippen molar-refractivity contribution in [1.82, 2.24) is 0 Å². The van der Waals surface area contributed by atoms with Gasteiger partial charge < -0.3 is 10.2 Å². The first kappa shape index (κ1) is 12.0. The highest BCUT2D eigenvalue weighted by molar-refractivity contribution is 5.75. The van der Waals surface area contributed by atoms with Crippen molar-refractivity contribution in [2.75, 3.05) is 6.54 Å². The molecule has 1 aliphatic heterocycles. The monoisotopic (exact) mass is 216 g/mol. The van der Waals surface area contributed by atoms with Crippen LogP contribution in [0.1, 0.15) is 33.6 Å². The van der Waals surface area contributed by atoms with E-state index in [0.29, 0.717) is 19.4 Å². The van der Waals surface area contributed by atoms with Crippen LogP contribution in [0.2, 0.25) is 0 Å². The molecule has 0 bridgehead atoms. The zero-order valence-electron chi connectivity index (χ0n) is 9.36.